The van der Waals surface area contributed by atoms with Gasteiger partial charge in [0.2, 0.25) is 5.95 Å². The molecule has 2 aliphatic heterocycles. The van der Waals surface area contributed by atoms with Crippen LogP contribution in [0.25, 0.3) is 10.9 Å². The fraction of sp³-hybridized carbons (Fsp3) is 0.560. The number of likely N-dealkylation sites (tertiary alicyclic amines) is 1. The normalized spacial score (nSPS) is 19.0. The van der Waals surface area contributed by atoms with Crippen LogP contribution in [0.2, 0.25) is 5.02 Å². The second-order valence-electron chi connectivity index (χ2n) is 9.31. The Morgan fingerprint density at radius 2 is 2.00 bits per heavy atom. The lowest BCUT2D eigenvalue weighted by Gasteiger charge is -2.29. The fourth-order valence-electron chi connectivity index (χ4n) is 4.51. The number of aromatic nitrogens is 4. The van der Waals surface area contributed by atoms with Gasteiger partial charge >= 0.3 is 0 Å². The zero-order chi connectivity index (χ0) is 25.7. The first-order chi connectivity index (χ1) is 17.4. The molecule has 36 heavy (non-hydrogen) atoms. The first-order valence-electron chi connectivity index (χ1n) is 12.4. The number of aryl methyl sites for hydroxylation is 1. The standard InChI is InChI=1S/C21H25ClF2N6.C4H8O2/c1-3-6-30-19(20(23)24)18(12-26-30)28-21-25-11-14-9-16(22)15(10-17(14)27-21)13-4-7-29(2)8-5-13;5-4-1-2-6-3-4/h9-13,20H,3-8H2,1-2H3,(H,25,27,28);4-5H,1-3H2. The lowest BCUT2D eigenvalue weighted by molar-refractivity contribution is 0.127. The van der Waals surface area contributed by atoms with Gasteiger partial charge in [-0.2, -0.15) is 5.10 Å². The summed E-state index contributed by atoms with van der Waals surface area (Å²) in [5.41, 5.74) is 1.90. The van der Waals surface area contributed by atoms with Gasteiger partial charge in [-0.15, -0.1) is 0 Å². The van der Waals surface area contributed by atoms with E-state index in [2.05, 4.69) is 32.3 Å². The second-order valence-corrected chi connectivity index (χ2v) is 9.72. The number of aliphatic hydroxyl groups is 1. The molecular weight excluding hydrogens is 490 g/mol. The third-order valence-corrected chi connectivity index (χ3v) is 6.86. The van der Waals surface area contributed by atoms with Crippen molar-refractivity contribution in [3.63, 3.8) is 0 Å². The van der Waals surface area contributed by atoms with Crippen molar-refractivity contribution in [2.45, 2.75) is 57.6 Å². The Balaban J connectivity index is 0.000000445. The van der Waals surface area contributed by atoms with E-state index in [1.807, 2.05) is 19.1 Å². The summed E-state index contributed by atoms with van der Waals surface area (Å²) in [6, 6.07) is 3.90. The average molecular weight is 523 g/mol. The molecule has 1 aromatic carbocycles. The zero-order valence-electron chi connectivity index (χ0n) is 20.6. The number of piperidine rings is 1. The molecule has 5 rings (SSSR count). The summed E-state index contributed by atoms with van der Waals surface area (Å²) in [7, 11) is 2.12. The summed E-state index contributed by atoms with van der Waals surface area (Å²) in [5, 5.41) is 17.1. The van der Waals surface area contributed by atoms with Gasteiger partial charge in [-0.1, -0.05) is 18.5 Å². The molecule has 196 valence electrons. The van der Waals surface area contributed by atoms with E-state index >= 15 is 0 Å². The minimum absolute atomic E-state index is 0.149. The number of rotatable bonds is 6. The van der Waals surface area contributed by atoms with Gasteiger partial charge in [0.05, 0.1) is 30.1 Å². The van der Waals surface area contributed by atoms with Crippen LogP contribution in [0.5, 0.6) is 0 Å². The molecule has 2 aliphatic rings. The third kappa shape index (κ3) is 6.47. The number of hydrogen-bond donors (Lipinski definition) is 2. The summed E-state index contributed by atoms with van der Waals surface area (Å²) in [6.45, 7) is 5.70. The Hall–Kier alpha value is -2.40. The molecule has 2 N–H and O–H groups in total. The van der Waals surface area contributed by atoms with Crippen molar-refractivity contribution in [2.75, 3.05) is 38.7 Å². The van der Waals surface area contributed by atoms with Crippen LogP contribution in [0, 0.1) is 0 Å². The maximum Gasteiger partial charge on any atom is 0.282 e. The van der Waals surface area contributed by atoms with Crippen molar-refractivity contribution in [2.24, 2.45) is 0 Å². The number of ether oxygens (including phenoxy) is 1. The van der Waals surface area contributed by atoms with Crippen molar-refractivity contribution >= 4 is 34.1 Å². The molecule has 2 fully saturated rings. The van der Waals surface area contributed by atoms with Crippen LogP contribution >= 0.6 is 11.6 Å². The van der Waals surface area contributed by atoms with Crippen LogP contribution < -0.4 is 5.32 Å². The highest BCUT2D eigenvalue weighted by Gasteiger charge is 2.23. The third-order valence-electron chi connectivity index (χ3n) is 6.53. The number of anilines is 2. The summed E-state index contributed by atoms with van der Waals surface area (Å²) in [5.74, 6) is 0.652. The van der Waals surface area contributed by atoms with Crippen LogP contribution in [-0.4, -0.2) is 69.2 Å². The Labute approximate surface area is 214 Å². The molecule has 3 aromatic rings. The van der Waals surface area contributed by atoms with Crippen molar-refractivity contribution in [1.29, 1.82) is 0 Å². The zero-order valence-corrected chi connectivity index (χ0v) is 21.4. The molecule has 8 nitrogen and oxygen atoms in total. The maximum atomic E-state index is 13.6. The lowest BCUT2D eigenvalue weighted by Crippen LogP contribution is -2.29. The Morgan fingerprint density at radius 3 is 2.61 bits per heavy atom. The van der Waals surface area contributed by atoms with Gasteiger partial charge in [0.15, 0.2) is 0 Å². The molecule has 0 bridgehead atoms. The Morgan fingerprint density at radius 1 is 1.22 bits per heavy atom. The molecule has 1 atom stereocenters. The number of nitrogens with one attached hydrogen (secondary N) is 1. The average Bonchev–Trinajstić information content (AvgIpc) is 3.49. The summed E-state index contributed by atoms with van der Waals surface area (Å²) in [4.78, 5) is 11.2. The molecular formula is C25H33ClF2N6O2. The van der Waals surface area contributed by atoms with E-state index in [1.165, 1.54) is 10.9 Å². The number of nitrogens with zero attached hydrogens (tertiary/aromatic N) is 5. The van der Waals surface area contributed by atoms with Crippen LogP contribution in [0.15, 0.2) is 24.5 Å². The van der Waals surface area contributed by atoms with E-state index < -0.39 is 6.43 Å². The fourth-order valence-corrected chi connectivity index (χ4v) is 4.84. The highest BCUT2D eigenvalue weighted by atomic mass is 35.5. The van der Waals surface area contributed by atoms with Crippen molar-refractivity contribution in [3.8, 4) is 0 Å². The number of alkyl halides is 2. The van der Waals surface area contributed by atoms with Gasteiger partial charge < -0.3 is 20.1 Å². The highest BCUT2D eigenvalue weighted by Crippen LogP contribution is 2.35. The number of halogens is 3. The Kier molecular flexibility index (Phi) is 9.05. The predicted octanol–water partition coefficient (Wildman–Crippen LogP) is 5.15. The minimum atomic E-state index is -2.64. The van der Waals surface area contributed by atoms with Crippen LogP contribution in [-0.2, 0) is 11.3 Å². The van der Waals surface area contributed by atoms with E-state index in [0.717, 1.165) is 60.4 Å². The first kappa shape index (κ1) is 26.7. The molecule has 2 saturated heterocycles. The smallest absolute Gasteiger partial charge is 0.282 e. The molecule has 0 saturated carbocycles. The van der Waals surface area contributed by atoms with E-state index in [-0.39, 0.29) is 23.4 Å². The predicted molar refractivity (Wildman–Crippen MR) is 136 cm³/mol. The van der Waals surface area contributed by atoms with Crippen LogP contribution in [0.3, 0.4) is 0 Å². The van der Waals surface area contributed by atoms with Crippen molar-refractivity contribution in [3.05, 3.63) is 40.8 Å². The quantitative estimate of drug-likeness (QED) is 0.463. The molecule has 4 heterocycles. The number of aliphatic hydroxyl groups excluding tert-OH is 1. The Bertz CT molecular complexity index is 1150. The monoisotopic (exact) mass is 522 g/mol. The van der Waals surface area contributed by atoms with Gasteiger partial charge in [-0.25, -0.2) is 18.7 Å². The topological polar surface area (TPSA) is 88.3 Å². The molecule has 0 amide bonds. The minimum Gasteiger partial charge on any atom is -0.391 e. The maximum absolute atomic E-state index is 13.6. The highest BCUT2D eigenvalue weighted by molar-refractivity contribution is 6.32. The van der Waals surface area contributed by atoms with Gasteiger partial charge in [0.1, 0.15) is 5.69 Å². The molecule has 0 radical (unpaired) electrons. The second kappa shape index (κ2) is 12.2. The van der Waals surface area contributed by atoms with Crippen molar-refractivity contribution in [1.82, 2.24) is 24.6 Å². The van der Waals surface area contributed by atoms with Gasteiger partial charge in [0.25, 0.3) is 6.43 Å². The number of benzene rings is 1. The van der Waals surface area contributed by atoms with Gasteiger partial charge in [-0.05, 0) is 69.4 Å². The molecule has 2 aromatic heterocycles. The van der Waals surface area contributed by atoms with Crippen LogP contribution in [0.1, 0.15) is 56.2 Å². The van der Waals surface area contributed by atoms with E-state index in [1.54, 1.807) is 6.20 Å². The lowest BCUT2D eigenvalue weighted by atomic mass is 9.89. The van der Waals surface area contributed by atoms with E-state index in [9.17, 15) is 8.78 Å². The van der Waals surface area contributed by atoms with Gasteiger partial charge in [-0.3, -0.25) is 4.68 Å². The van der Waals surface area contributed by atoms with E-state index in [4.69, 9.17) is 21.4 Å². The summed E-state index contributed by atoms with van der Waals surface area (Å²) in [6.07, 6.45) is 3.87. The summed E-state index contributed by atoms with van der Waals surface area (Å²) < 4.78 is 33.3. The SMILES string of the molecule is CCCn1ncc(Nc2ncc3cc(Cl)c(C4CCN(C)CC4)cc3n2)c1C(F)F.OC1CCOC1. The number of hydrogen-bond acceptors (Lipinski definition) is 7. The summed E-state index contributed by atoms with van der Waals surface area (Å²) >= 11 is 6.55. The molecule has 1 unspecified atom stereocenters. The first-order valence-corrected chi connectivity index (χ1v) is 12.7. The largest absolute Gasteiger partial charge is 0.391 e. The van der Waals surface area contributed by atoms with Crippen LogP contribution in [0.4, 0.5) is 20.4 Å². The number of fused-ring (bicyclic) bond motifs is 1. The van der Waals surface area contributed by atoms with Crippen molar-refractivity contribution < 1.29 is 18.6 Å². The van der Waals surface area contributed by atoms with Gasteiger partial charge in [0, 0.05) is 29.8 Å². The molecule has 0 spiro atoms. The van der Waals surface area contributed by atoms with E-state index in [0.29, 0.717) is 25.5 Å². The molecule has 11 heteroatoms. The molecule has 0 aliphatic carbocycles.